The summed E-state index contributed by atoms with van der Waals surface area (Å²) in [4.78, 5) is 24.1. The van der Waals surface area contributed by atoms with Crippen LogP contribution in [0.15, 0.2) is 54.0 Å². The predicted molar refractivity (Wildman–Crippen MR) is 82.8 cm³/mol. The molecule has 0 radical (unpaired) electrons. The first-order valence-corrected chi connectivity index (χ1v) is 7.53. The van der Waals surface area contributed by atoms with Gasteiger partial charge in [0, 0.05) is 17.2 Å². The van der Waals surface area contributed by atoms with Gasteiger partial charge in [-0.05, 0) is 13.0 Å². The third-order valence-corrected chi connectivity index (χ3v) is 4.36. The van der Waals surface area contributed by atoms with E-state index in [2.05, 4.69) is 0 Å². The van der Waals surface area contributed by atoms with Crippen molar-refractivity contribution in [2.45, 2.75) is 13.5 Å². The smallest absolute Gasteiger partial charge is 0.228 e. The molecule has 0 aliphatic rings. The number of aromatic nitrogens is 1. The van der Waals surface area contributed by atoms with Gasteiger partial charge in [-0.2, -0.15) is 4.57 Å². The Labute approximate surface area is 126 Å². The molecule has 21 heavy (non-hydrogen) atoms. The summed E-state index contributed by atoms with van der Waals surface area (Å²) in [7, 11) is 0. The number of hydrogen-bond acceptors (Lipinski definition) is 3. The van der Waals surface area contributed by atoms with Crippen LogP contribution in [0.1, 0.15) is 27.6 Å². The van der Waals surface area contributed by atoms with Crippen LogP contribution in [0.3, 0.4) is 0 Å². The molecule has 104 valence electrons. The fourth-order valence-electron chi connectivity index (χ4n) is 2.37. The molecule has 2 aromatic carbocycles. The van der Waals surface area contributed by atoms with Gasteiger partial charge in [0.15, 0.2) is 5.78 Å². The number of Topliss-reactive ketones (excluding diaryl/α,β-unsaturated/α-hetero) is 2. The molecule has 0 atom stereocenters. The second-order valence-corrected chi connectivity index (χ2v) is 5.73. The maximum Gasteiger partial charge on any atom is 0.228 e. The van der Waals surface area contributed by atoms with Crippen LogP contribution in [-0.4, -0.2) is 11.6 Å². The zero-order valence-corrected chi connectivity index (χ0v) is 12.4. The molecule has 0 N–H and O–H groups in total. The Hall–Kier alpha value is -2.33. The Morgan fingerprint density at radius 1 is 1.00 bits per heavy atom. The maximum absolute atomic E-state index is 12.5. The van der Waals surface area contributed by atoms with Crippen LogP contribution in [0.4, 0.5) is 0 Å². The van der Waals surface area contributed by atoms with Crippen molar-refractivity contribution in [3.8, 4) is 0 Å². The molecule has 3 nitrogen and oxygen atoms in total. The average Bonchev–Trinajstić information content (AvgIpc) is 2.90. The molecular weight excluding hydrogens is 282 g/mol. The molecule has 0 aliphatic heterocycles. The second-order valence-electron chi connectivity index (χ2n) is 4.84. The van der Waals surface area contributed by atoms with Gasteiger partial charge in [-0.15, -0.1) is 0 Å². The first-order chi connectivity index (χ1) is 10.2. The molecule has 0 spiro atoms. The highest BCUT2D eigenvalue weighted by molar-refractivity contribution is 7.16. The van der Waals surface area contributed by atoms with Gasteiger partial charge in [0.1, 0.15) is 4.70 Å². The van der Waals surface area contributed by atoms with Gasteiger partial charge in [-0.3, -0.25) is 9.59 Å². The van der Waals surface area contributed by atoms with E-state index in [1.807, 2.05) is 34.3 Å². The first kappa shape index (κ1) is 13.6. The molecule has 0 aliphatic carbocycles. The van der Waals surface area contributed by atoms with Crippen LogP contribution in [0.25, 0.3) is 10.2 Å². The Bertz CT molecular complexity index is 835. The van der Waals surface area contributed by atoms with Crippen molar-refractivity contribution in [1.82, 2.24) is 0 Å². The second kappa shape index (κ2) is 5.58. The monoisotopic (exact) mass is 296 g/mol. The van der Waals surface area contributed by atoms with Crippen molar-refractivity contribution in [2.24, 2.45) is 0 Å². The summed E-state index contributed by atoms with van der Waals surface area (Å²) in [6.45, 7) is 1.73. The largest absolute Gasteiger partial charge is 0.294 e. The van der Waals surface area contributed by atoms with Crippen molar-refractivity contribution in [1.29, 1.82) is 0 Å². The topological polar surface area (TPSA) is 38.0 Å². The zero-order chi connectivity index (χ0) is 14.8. The lowest BCUT2D eigenvalue weighted by molar-refractivity contribution is -0.652. The van der Waals surface area contributed by atoms with Crippen molar-refractivity contribution >= 4 is 33.1 Å². The predicted octanol–water partition coefficient (Wildman–Crippen LogP) is 3.27. The molecule has 3 rings (SSSR count). The zero-order valence-electron chi connectivity index (χ0n) is 11.6. The molecule has 3 aromatic rings. The summed E-state index contributed by atoms with van der Waals surface area (Å²) < 4.78 is 3.07. The number of carbonyl (C=O) groups excluding carboxylic acids is 2. The summed E-state index contributed by atoms with van der Waals surface area (Å²) in [5.41, 5.74) is 3.96. The fraction of sp³-hybridized carbons (Fsp3) is 0.118. The van der Waals surface area contributed by atoms with Gasteiger partial charge < -0.3 is 0 Å². The Morgan fingerprint density at radius 3 is 2.43 bits per heavy atom. The van der Waals surface area contributed by atoms with E-state index in [1.54, 1.807) is 35.6 Å². The van der Waals surface area contributed by atoms with Crippen molar-refractivity contribution in [2.75, 3.05) is 0 Å². The van der Waals surface area contributed by atoms with Crippen LogP contribution in [0, 0.1) is 0 Å². The number of ketones is 2. The minimum atomic E-state index is -0.0841. The number of para-hydroxylation sites is 1. The minimum Gasteiger partial charge on any atom is -0.294 e. The lowest BCUT2D eigenvalue weighted by atomic mass is 10.0. The molecule has 0 fully saturated rings. The van der Waals surface area contributed by atoms with Crippen molar-refractivity contribution in [3.63, 3.8) is 0 Å². The number of hydrogen-bond donors (Lipinski definition) is 0. The average molecular weight is 296 g/mol. The van der Waals surface area contributed by atoms with E-state index in [1.165, 1.54) is 6.92 Å². The van der Waals surface area contributed by atoms with E-state index in [0.717, 1.165) is 10.2 Å². The number of carbonyl (C=O) groups is 2. The highest BCUT2D eigenvalue weighted by Gasteiger charge is 2.20. The SMILES string of the molecule is CC(=O)c1ccccc1C(=O)C[n+]1csc2ccccc21. The number of nitrogens with zero attached hydrogens (tertiary/aromatic N) is 1. The number of rotatable bonds is 4. The van der Waals surface area contributed by atoms with E-state index in [9.17, 15) is 9.59 Å². The number of thiazole rings is 1. The first-order valence-electron chi connectivity index (χ1n) is 6.65. The summed E-state index contributed by atoms with van der Waals surface area (Å²) in [6, 6.07) is 15.0. The summed E-state index contributed by atoms with van der Waals surface area (Å²) in [5.74, 6) is -0.131. The van der Waals surface area contributed by atoms with Gasteiger partial charge in [-0.25, -0.2) is 0 Å². The highest BCUT2D eigenvalue weighted by Crippen LogP contribution is 2.16. The van der Waals surface area contributed by atoms with E-state index >= 15 is 0 Å². The van der Waals surface area contributed by atoms with Crippen molar-refractivity contribution < 1.29 is 14.2 Å². The van der Waals surface area contributed by atoms with Crippen LogP contribution in [-0.2, 0) is 6.54 Å². The quantitative estimate of drug-likeness (QED) is 0.547. The third kappa shape index (κ3) is 2.62. The summed E-state index contributed by atoms with van der Waals surface area (Å²) in [6.07, 6.45) is 0. The van der Waals surface area contributed by atoms with Crippen LogP contribution in [0.2, 0.25) is 0 Å². The number of benzene rings is 2. The molecular formula is C17H14NO2S+. The van der Waals surface area contributed by atoms with Gasteiger partial charge in [0.25, 0.3) is 0 Å². The Morgan fingerprint density at radius 2 is 1.67 bits per heavy atom. The summed E-state index contributed by atoms with van der Waals surface area (Å²) in [5, 5.41) is 0. The fourth-order valence-corrected chi connectivity index (χ4v) is 3.26. The maximum atomic E-state index is 12.5. The lowest BCUT2D eigenvalue weighted by Crippen LogP contribution is -2.36. The molecule has 0 saturated carbocycles. The molecule has 0 unspecified atom stereocenters. The van der Waals surface area contributed by atoms with Crippen LogP contribution in [0.5, 0.6) is 0 Å². The van der Waals surface area contributed by atoms with E-state index in [0.29, 0.717) is 11.1 Å². The third-order valence-electron chi connectivity index (χ3n) is 3.40. The van der Waals surface area contributed by atoms with Crippen LogP contribution >= 0.6 is 11.3 Å². The van der Waals surface area contributed by atoms with E-state index in [4.69, 9.17) is 0 Å². The minimum absolute atomic E-state index is 0.0469. The molecule has 0 bridgehead atoms. The summed E-state index contributed by atoms with van der Waals surface area (Å²) >= 11 is 1.61. The highest BCUT2D eigenvalue weighted by atomic mass is 32.1. The Balaban J connectivity index is 1.95. The molecule has 1 heterocycles. The van der Waals surface area contributed by atoms with E-state index in [-0.39, 0.29) is 18.1 Å². The van der Waals surface area contributed by atoms with Crippen molar-refractivity contribution in [3.05, 3.63) is 65.2 Å². The molecule has 0 saturated heterocycles. The van der Waals surface area contributed by atoms with Gasteiger partial charge in [-0.1, -0.05) is 47.7 Å². The van der Waals surface area contributed by atoms with Gasteiger partial charge in [0.05, 0.1) is 0 Å². The van der Waals surface area contributed by atoms with Crippen LogP contribution < -0.4 is 4.57 Å². The van der Waals surface area contributed by atoms with E-state index < -0.39 is 0 Å². The lowest BCUT2D eigenvalue weighted by Gasteiger charge is -2.03. The Kier molecular flexibility index (Phi) is 3.62. The normalized spacial score (nSPS) is 10.7. The van der Waals surface area contributed by atoms with Gasteiger partial charge >= 0.3 is 0 Å². The number of fused-ring (bicyclic) bond motifs is 1. The molecule has 4 heteroatoms. The van der Waals surface area contributed by atoms with Gasteiger partial charge in [0.2, 0.25) is 23.4 Å². The molecule has 0 amide bonds. The molecule has 1 aromatic heterocycles. The standard InChI is InChI=1S/C17H14NO2S/c1-12(19)13-6-2-3-7-14(13)16(20)10-18-11-21-17-9-5-4-8-15(17)18/h2-9,11H,10H2,1H3/q+1.